The normalized spacial score (nSPS) is 10.5. The maximum Gasteiger partial charge on any atom is 0.0357 e. The van der Waals surface area contributed by atoms with Crippen LogP contribution in [0, 0.1) is 6.92 Å². The number of rotatable bonds is 3. The standard InChI is InChI=1S/C9H16N2/c1-4-11-8(2)5-6-9(11)7-10-3/h5-6,10H,4,7H2,1-3H3. The van der Waals surface area contributed by atoms with Crippen LogP contribution in [0.3, 0.4) is 0 Å². The molecule has 62 valence electrons. The minimum absolute atomic E-state index is 0.960. The Bertz CT molecular complexity index is 225. The molecule has 2 heteroatoms. The molecule has 0 spiro atoms. The third-order valence-corrected chi connectivity index (χ3v) is 1.96. The third-order valence-electron chi connectivity index (χ3n) is 1.96. The van der Waals surface area contributed by atoms with Crippen molar-refractivity contribution < 1.29 is 0 Å². The Morgan fingerprint density at radius 1 is 1.45 bits per heavy atom. The number of aromatic nitrogens is 1. The molecular formula is C9H16N2. The van der Waals surface area contributed by atoms with E-state index >= 15 is 0 Å². The Morgan fingerprint density at radius 2 is 2.18 bits per heavy atom. The summed E-state index contributed by atoms with van der Waals surface area (Å²) in [6, 6.07) is 4.34. The van der Waals surface area contributed by atoms with Gasteiger partial charge in [-0.25, -0.2) is 0 Å². The lowest BCUT2D eigenvalue weighted by atomic mass is 10.4. The summed E-state index contributed by atoms with van der Waals surface area (Å²) in [6.07, 6.45) is 0. The van der Waals surface area contributed by atoms with E-state index in [1.807, 2.05) is 7.05 Å². The summed E-state index contributed by atoms with van der Waals surface area (Å²) in [6.45, 7) is 6.34. The van der Waals surface area contributed by atoms with Crippen LogP contribution in [0.25, 0.3) is 0 Å². The number of nitrogens with one attached hydrogen (secondary N) is 1. The molecule has 2 nitrogen and oxygen atoms in total. The van der Waals surface area contributed by atoms with E-state index in [2.05, 4.69) is 35.9 Å². The molecular weight excluding hydrogens is 136 g/mol. The molecule has 0 aliphatic carbocycles. The maximum absolute atomic E-state index is 3.15. The molecule has 1 aromatic rings. The van der Waals surface area contributed by atoms with E-state index in [9.17, 15) is 0 Å². The summed E-state index contributed by atoms with van der Waals surface area (Å²) in [5.41, 5.74) is 2.71. The van der Waals surface area contributed by atoms with E-state index in [1.54, 1.807) is 0 Å². The van der Waals surface area contributed by atoms with Gasteiger partial charge in [-0.15, -0.1) is 0 Å². The molecule has 0 unspecified atom stereocenters. The molecule has 0 amide bonds. The highest BCUT2D eigenvalue weighted by Gasteiger charge is 2.00. The minimum Gasteiger partial charge on any atom is -0.348 e. The molecule has 0 atom stereocenters. The highest BCUT2D eigenvalue weighted by atomic mass is 15.0. The fourth-order valence-electron chi connectivity index (χ4n) is 1.41. The van der Waals surface area contributed by atoms with Crippen molar-refractivity contribution in [3.05, 3.63) is 23.5 Å². The molecule has 1 N–H and O–H groups in total. The van der Waals surface area contributed by atoms with Crippen molar-refractivity contribution >= 4 is 0 Å². The Morgan fingerprint density at radius 3 is 2.73 bits per heavy atom. The quantitative estimate of drug-likeness (QED) is 0.695. The van der Waals surface area contributed by atoms with E-state index in [4.69, 9.17) is 0 Å². The summed E-state index contributed by atoms with van der Waals surface area (Å²) in [5, 5.41) is 3.15. The van der Waals surface area contributed by atoms with Crippen molar-refractivity contribution in [3.8, 4) is 0 Å². The van der Waals surface area contributed by atoms with Gasteiger partial charge in [0.15, 0.2) is 0 Å². The molecule has 1 aromatic heterocycles. The zero-order valence-corrected chi connectivity index (χ0v) is 7.52. The van der Waals surface area contributed by atoms with Gasteiger partial charge in [0.1, 0.15) is 0 Å². The molecule has 0 aromatic carbocycles. The fraction of sp³-hybridized carbons (Fsp3) is 0.556. The van der Waals surface area contributed by atoms with Gasteiger partial charge < -0.3 is 9.88 Å². The van der Waals surface area contributed by atoms with Crippen molar-refractivity contribution in [1.82, 2.24) is 9.88 Å². The van der Waals surface area contributed by atoms with E-state index in [0.717, 1.165) is 13.1 Å². The van der Waals surface area contributed by atoms with Gasteiger partial charge in [0.05, 0.1) is 0 Å². The average molecular weight is 152 g/mol. The third kappa shape index (κ3) is 1.63. The lowest BCUT2D eigenvalue weighted by molar-refractivity contribution is 0.661. The maximum atomic E-state index is 3.15. The summed E-state index contributed by atoms with van der Waals surface area (Å²) >= 11 is 0. The van der Waals surface area contributed by atoms with Gasteiger partial charge in [0.2, 0.25) is 0 Å². The van der Waals surface area contributed by atoms with Gasteiger partial charge in [0.25, 0.3) is 0 Å². The Hall–Kier alpha value is -0.760. The summed E-state index contributed by atoms with van der Waals surface area (Å²) in [5.74, 6) is 0. The number of hydrogen-bond donors (Lipinski definition) is 1. The number of aryl methyl sites for hydroxylation is 1. The first kappa shape index (κ1) is 8.34. The van der Waals surface area contributed by atoms with Crippen LogP contribution in [0.1, 0.15) is 18.3 Å². The molecule has 1 rings (SSSR count). The van der Waals surface area contributed by atoms with Crippen molar-refractivity contribution in [3.63, 3.8) is 0 Å². The largest absolute Gasteiger partial charge is 0.348 e. The summed E-state index contributed by atoms with van der Waals surface area (Å²) in [7, 11) is 1.97. The molecule has 0 fully saturated rings. The average Bonchev–Trinajstić information content (AvgIpc) is 2.33. The predicted octanol–water partition coefficient (Wildman–Crippen LogP) is 1.54. The van der Waals surface area contributed by atoms with E-state index in [-0.39, 0.29) is 0 Å². The van der Waals surface area contributed by atoms with Gasteiger partial charge in [-0.3, -0.25) is 0 Å². The Balaban J connectivity index is 2.86. The van der Waals surface area contributed by atoms with E-state index < -0.39 is 0 Å². The zero-order chi connectivity index (χ0) is 8.27. The van der Waals surface area contributed by atoms with Gasteiger partial charge in [-0.05, 0) is 33.0 Å². The molecule has 0 saturated carbocycles. The van der Waals surface area contributed by atoms with E-state index in [0.29, 0.717) is 0 Å². The Kier molecular flexibility index (Phi) is 2.71. The van der Waals surface area contributed by atoms with E-state index in [1.165, 1.54) is 11.4 Å². The van der Waals surface area contributed by atoms with Gasteiger partial charge in [-0.2, -0.15) is 0 Å². The molecule has 0 bridgehead atoms. The molecule has 0 saturated heterocycles. The lowest BCUT2D eigenvalue weighted by Crippen LogP contribution is -2.11. The molecule has 0 aliphatic rings. The topological polar surface area (TPSA) is 17.0 Å². The van der Waals surface area contributed by atoms with Crippen LogP contribution in [-0.2, 0) is 13.1 Å². The number of hydrogen-bond acceptors (Lipinski definition) is 1. The van der Waals surface area contributed by atoms with Crippen molar-refractivity contribution in [2.75, 3.05) is 7.05 Å². The highest BCUT2D eigenvalue weighted by molar-refractivity contribution is 5.14. The smallest absolute Gasteiger partial charge is 0.0357 e. The molecule has 11 heavy (non-hydrogen) atoms. The second-order valence-corrected chi connectivity index (χ2v) is 2.74. The summed E-state index contributed by atoms with van der Waals surface area (Å²) < 4.78 is 2.32. The molecule has 0 radical (unpaired) electrons. The SMILES string of the molecule is CCn1c(C)ccc1CNC. The lowest BCUT2D eigenvalue weighted by Gasteiger charge is -2.07. The van der Waals surface area contributed by atoms with Gasteiger partial charge >= 0.3 is 0 Å². The van der Waals surface area contributed by atoms with Crippen molar-refractivity contribution in [2.45, 2.75) is 26.9 Å². The monoisotopic (exact) mass is 152 g/mol. The van der Waals surface area contributed by atoms with Crippen LogP contribution in [-0.4, -0.2) is 11.6 Å². The van der Waals surface area contributed by atoms with Crippen LogP contribution in [0.5, 0.6) is 0 Å². The fourth-order valence-corrected chi connectivity index (χ4v) is 1.41. The van der Waals surface area contributed by atoms with Crippen molar-refractivity contribution in [2.24, 2.45) is 0 Å². The summed E-state index contributed by atoms with van der Waals surface area (Å²) in [4.78, 5) is 0. The second kappa shape index (κ2) is 3.58. The van der Waals surface area contributed by atoms with Crippen LogP contribution in [0.2, 0.25) is 0 Å². The van der Waals surface area contributed by atoms with Crippen LogP contribution in [0.15, 0.2) is 12.1 Å². The highest BCUT2D eigenvalue weighted by Crippen LogP contribution is 2.07. The molecule has 1 heterocycles. The first-order chi connectivity index (χ1) is 5.29. The zero-order valence-electron chi connectivity index (χ0n) is 7.52. The Labute approximate surface area is 68.2 Å². The predicted molar refractivity (Wildman–Crippen MR) is 47.6 cm³/mol. The van der Waals surface area contributed by atoms with Crippen LogP contribution >= 0.6 is 0 Å². The first-order valence-electron chi connectivity index (χ1n) is 4.09. The van der Waals surface area contributed by atoms with Crippen LogP contribution in [0.4, 0.5) is 0 Å². The minimum atomic E-state index is 0.960. The second-order valence-electron chi connectivity index (χ2n) is 2.74. The van der Waals surface area contributed by atoms with Crippen LogP contribution < -0.4 is 5.32 Å². The van der Waals surface area contributed by atoms with Gasteiger partial charge in [-0.1, -0.05) is 0 Å². The molecule has 0 aliphatic heterocycles. The van der Waals surface area contributed by atoms with Gasteiger partial charge in [0, 0.05) is 24.5 Å². The van der Waals surface area contributed by atoms with Crippen molar-refractivity contribution in [1.29, 1.82) is 0 Å². The first-order valence-corrected chi connectivity index (χ1v) is 4.09. The number of nitrogens with zero attached hydrogens (tertiary/aromatic N) is 1.